The summed E-state index contributed by atoms with van der Waals surface area (Å²) >= 11 is 6.05. The molecule has 0 saturated carbocycles. The van der Waals surface area contributed by atoms with Crippen molar-refractivity contribution in [2.45, 2.75) is 44.8 Å². The van der Waals surface area contributed by atoms with Gasteiger partial charge in [-0.3, -0.25) is 9.79 Å². The summed E-state index contributed by atoms with van der Waals surface area (Å²) in [5.74, 6) is 0.794. The minimum absolute atomic E-state index is 0.351. The molecule has 176 valence electrons. The van der Waals surface area contributed by atoms with Crippen LogP contribution in [0.3, 0.4) is 0 Å². The molecular weight excluding hydrogens is 450 g/mol. The standard InChI is InChI=1S/C27H28ClN3O3/c1-19(32)33-23-12-8-21(9-13-23)24-18-25(31(4)30-24)34-27(3,26(2)15-5-17-29-26)16-14-20-6-10-22(28)11-7-20/h5-13,15,17-18H,14,16H2,1-4H3. The molecule has 0 spiro atoms. The molecule has 0 N–H and O–H groups in total. The van der Waals surface area contributed by atoms with E-state index in [9.17, 15) is 4.79 Å². The summed E-state index contributed by atoms with van der Waals surface area (Å²) in [7, 11) is 1.86. The molecule has 2 atom stereocenters. The molecule has 1 aromatic heterocycles. The average molecular weight is 478 g/mol. The van der Waals surface area contributed by atoms with E-state index in [2.05, 4.69) is 25.0 Å². The first-order valence-electron chi connectivity index (χ1n) is 11.2. The molecule has 0 fully saturated rings. The van der Waals surface area contributed by atoms with Gasteiger partial charge in [-0.1, -0.05) is 29.8 Å². The zero-order chi connectivity index (χ0) is 24.3. The molecule has 0 radical (unpaired) electrons. The number of nitrogens with zero attached hydrogens (tertiary/aromatic N) is 3. The van der Waals surface area contributed by atoms with Gasteiger partial charge in [0.25, 0.3) is 0 Å². The first-order chi connectivity index (χ1) is 16.2. The van der Waals surface area contributed by atoms with Gasteiger partial charge in [-0.2, -0.15) is 5.10 Å². The van der Waals surface area contributed by atoms with Crippen LogP contribution in [0.2, 0.25) is 5.02 Å². The van der Waals surface area contributed by atoms with Crippen LogP contribution in [0, 0.1) is 0 Å². The normalized spacial score (nSPS) is 18.6. The van der Waals surface area contributed by atoms with E-state index in [1.54, 1.807) is 16.8 Å². The number of aromatic nitrogens is 2. The van der Waals surface area contributed by atoms with Crippen LogP contribution in [0.25, 0.3) is 11.3 Å². The summed E-state index contributed by atoms with van der Waals surface area (Å²) in [6.07, 6.45) is 7.42. The Hall–Kier alpha value is -3.38. The van der Waals surface area contributed by atoms with Gasteiger partial charge in [-0.15, -0.1) is 0 Å². The molecule has 6 nitrogen and oxygen atoms in total. The minimum Gasteiger partial charge on any atom is -0.469 e. The summed E-state index contributed by atoms with van der Waals surface area (Å²) in [6, 6.07) is 17.1. The topological polar surface area (TPSA) is 65.7 Å². The zero-order valence-electron chi connectivity index (χ0n) is 19.8. The number of rotatable bonds is 8. The van der Waals surface area contributed by atoms with Crippen LogP contribution in [0.4, 0.5) is 0 Å². The number of aliphatic imine (C=N–C) groups is 1. The summed E-state index contributed by atoms with van der Waals surface area (Å²) in [4.78, 5) is 15.9. The molecule has 2 unspecified atom stereocenters. The van der Waals surface area contributed by atoms with Gasteiger partial charge in [0.1, 0.15) is 16.9 Å². The van der Waals surface area contributed by atoms with Crippen molar-refractivity contribution in [3.8, 4) is 22.9 Å². The Labute approximate surface area is 204 Å². The second-order valence-corrected chi connectivity index (χ2v) is 9.29. The van der Waals surface area contributed by atoms with Crippen molar-refractivity contribution in [1.29, 1.82) is 0 Å². The molecule has 0 saturated heterocycles. The fraction of sp³-hybridized carbons (Fsp3) is 0.296. The Morgan fingerprint density at radius 2 is 1.85 bits per heavy atom. The van der Waals surface area contributed by atoms with Gasteiger partial charge >= 0.3 is 5.97 Å². The molecular formula is C27H28ClN3O3. The van der Waals surface area contributed by atoms with Gasteiger partial charge in [0.05, 0.1) is 5.69 Å². The highest BCUT2D eigenvalue weighted by Crippen LogP contribution is 2.39. The van der Waals surface area contributed by atoms with Crippen LogP contribution in [0.15, 0.2) is 71.7 Å². The maximum atomic E-state index is 11.2. The fourth-order valence-corrected chi connectivity index (χ4v) is 4.13. The highest BCUT2D eigenvalue weighted by atomic mass is 35.5. The van der Waals surface area contributed by atoms with Crippen LogP contribution in [-0.4, -0.2) is 33.1 Å². The lowest BCUT2D eigenvalue weighted by Gasteiger charge is -2.41. The Balaban J connectivity index is 1.58. The predicted molar refractivity (Wildman–Crippen MR) is 135 cm³/mol. The molecule has 0 bridgehead atoms. The number of aryl methyl sites for hydroxylation is 2. The summed E-state index contributed by atoms with van der Waals surface area (Å²) < 4.78 is 13.5. The SMILES string of the molecule is CC(=O)Oc1ccc(-c2cc(OC(C)(CCc3ccc(Cl)cc3)C3(C)C=CC=N3)n(C)n2)cc1. The van der Waals surface area contributed by atoms with E-state index < -0.39 is 11.1 Å². The van der Waals surface area contributed by atoms with E-state index in [1.165, 1.54) is 12.5 Å². The lowest BCUT2D eigenvalue weighted by Crippen LogP contribution is -2.51. The highest BCUT2D eigenvalue weighted by Gasteiger charge is 2.46. The molecule has 1 aliphatic rings. The smallest absolute Gasteiger partial charge is 0.308 e. The summed E-state index contributed by atoms with van der Waals surface area (Å²) in [5, 5.41) is 5.37. The average Bonchev–Trinajstić information content (AvgIpc) is 3.40. The van der Waals surface area contributed by atoms with Crippen molar-refractivity contribution in [2.75, 3.05) is 0 Å². The van der Waals surface area contributed by atoms with E-state index in [0.29, 0.717) is 11.6 Å². The third kappa shape index (κ3) is 5.07. The van der Waals surface area contributed by atoms with Crippen LogP contribution in [0.1, 0.15) is 32.8 Å². The van der Waals surface area contributed by atoms with Crippen molar-refractivity contribution < 1.29 is 14.3 Å². The Morgan fingerprint density at radius 3 is 2.47 bits per heavy atom. The van der Waals surface area contributed by atoms with Crippen molar-refractivity contribution in [3.63, 3.8) is 0 Å². The predicted octanol–water partition coefficient (Wildman–Crippen LogP) is 5.84. The first-order valence-corrected chi connectivity index (χ1v) is 11.5. The maximum Gasteiger partial charge on any atom is 0.308 e. The largest absolute Gasteiger partial charge is 0.469 e. The van der Waals surface area contributed by atoms with E-state index in [0.717, 1.165) is 29.1 Å². The van der Waals surface area contributed by atoms with E-state index in [-0.39, 0.29) is 5.97 Å². The Morgan fingerprint density at radius 1 is 1.15 bits per heavy atom. The highest BCUT2D eigenvalue weighted by molar-refractivity contribution is 6.30. The monoisotopic (exact) mass is 477 g/mol. The van der Waals surface area contributed by atoms with E-state index >= 15 is 0 Å². The number of hydrogen-bond donors (Lipinski definition) is 0. The van der Waals surface area contributed by atoms with Gasteiger partial charge in [-0.05, 0) is 74.7 Å². The van der Waals surface area contributed by atoms with E-state index in [4.69, 9.17) is 26.1 Å². The third-order valence-electron chi connectivity index (χ3n) is 6.30. The van der Waals surface area contributed by atoms with Crippen LogP contribution in [0.5, 0.6) is 11.6 Å². The summed E-state index contributed by atoms with van der Waals surface area (Å²) in [6.45, 7) is 5.56. The lowest BCUT2D eigenvalue weighted by atomic mass is 9.79. The third-order valence-corrected chi connectivity index (χ3v) is 6.55. The van der Waals surface area contributed by atoms with Crippen molar-refractivity contribution in [2.24, 2.45) is 12.0 Å². The van der Waals surface area contributed by atoms with Gasteiger partial charge in [0.2, 0.25) is 5.88 Å². The number of halogens is 1. The molecule has 0 amide bonds. The number of carbonyl (C=O) groups is 1. The van der Waals surface area contributed by atoms with Gasteiger partial charge < -0.3 is 9.47 Å². The maximum absolute atomic E-state index is 11.2. The van der Waals surface area contributed by atoms with Crippen LogP contribution in [-0.2, 0) is 18.3 Å². The molecule has 2 heterocycles. The number of carbonyl (C=O) groups excluding carboxylic acids is 1. The zero-order valence-corrected chi connectivity index (χ0v) is 20.5. The van der Waals surface area contributed by atoms with Crippen LogP contribution >= 0.6 is 11.6 Å². The Bertz CT molecular complexity index is 1220. The second kappa shape index (κ2) is 9.47. The van der Waals surface area contributed by atoms with Gasteiger partial charge in [-0.25, -0.2) is 4.68 Å². The number of benzene rings is 2. The molecule has 1 aliphatic heterocycles. The molecule has 34 heavy (non-hydrogen) atoms. The van der Waals surface area contributed by atoms with Crippen LogP contribution < -0.4 is 9.47 Å². The fourth-order valence-electron chi connectivity index (χ4n) is 4.00. The van der Waals surface area contributed by atoms with Gasteiger partial charge in [0, 0.05) is 36.8 Å². The number of hydrogen-bond acceptors (Lipinski definition) is 5. The quantitative estimate of drug-likeness (QED) is 0.302. The second-order valence-electron chi connectivity index (χ2n) is 8.85. The molecule has 0 aliphatic carbocycles. The van der Waals surface area contributed by atoms with Crippen molar-refractivity contribution in [1.82, 2.24) is 9.78 Å². The lowest BCUT2D eigenvalue weighted by molar-refractivity contribution is -0.131. The molecule has 3 aromatic rings. The van der Waals surface area contributed by atoms with Crippen molar-refractivity contribution in [3.05, 3.63) is 77.3 Å². The van der Waals surface area contributed by atoms with Crippen molar-refractivity contribution >= 4 is 23.8 Å². The number of esters is 1. The number of allylic oxidation sites excluding steroid dienone is 1. The van der Waals surface area contributed by atoms with E-state index in [1.807, 2.05) is 61.8 Å². The molecule has 4 rings (SSSR count). The summed E-state index contributed by atoms with van der Waals surface area (Å²) in [5.41, 5.74) is 1.71. The van der Waals surface area contributed by atoms with Gasteiger partial charge in [0.15, 0.2) is 0 Å². The first kappa shape index (κ1) is 23.8. The molecule has 7 heteroatoms. The Kier molecular flexibility index (Phi) is 6.62. The number of ether oxygens (including phenoxy) is 2. The minimum atomic E-state index is -0.625. The molecule has 2 aromatic carbocycles.